The van der Waals surface area contributed by atoms with Crippen LogP contribution in [0.5, 0.6) is 5.75 Å². The minimum Gasteiger partial charge on any atom is -0.495 e. The standard InChI is InChI=1S/C23H21ClN2O2/c1-25(15-17-11-8-14-20(28-2)22(17)24)26-19-13-7-6-12-18(19)21(23(26)27)16-9-4-3-5-10-16/h3-14,21H,15H2,1-2H3/t21-/m1/s1. The number of amides is 1. The number of benzene rings is 3. The van der Waals surface area contributed by atoms with Gasteiger partial charge in [0.1, 0.15) is 5.75 Å². The molecule has 0 fully saturated rings. The third kappa shape index (κ3) is 3.15. The molecule has 0 saturated carbocycles. The van der Waals surface area contributed by atoms with Gasteiger partial charge in [-0.05, 0) is 28.8 Å². The SMILES string of the molecule is COc1cccc(CN(C)N2C(=O)[C@H](c3ccccc3)c3ccccc32)c1Cl. The fraction of sp³-hybridized carbons (Fsp3) is 0.174. The van der Waals surface area contributed by atoms with Gasteiger partial charge in [-0.15, -0.1) is 0 Å². The van der Waals surface area contributed by atoms with Crippen LogP contribution >= 0.6 is 11.6 Å². The van der Waals surface area contributed by atoms with E-state index in [0.717, 1.165) is 22.4 Å². The van der Waals surface area contributed by atoms with E-state index in [9.17, 15) is 4.79 Å². The fourth-order valence-electron chi connectivity index (χ4n) is 3.77. The second-order valence-corrected chi connectivity index (χ2v) is 7.18. The van der Waals surface area contributed by atoms with Crippen molar-refractivity contribution in [2.24, 2.45) is 0 Å². The molecule has 1 atom stereocenters. The molecule has 0 N–H and O–H groups in total. The van der Waals surface area contributed by atoms with E-state index in [-0.39, 0.29) is 11.8 Å². The highest BCUT2D eigenvalue weighted by Crippen LogP contribution is 2.42. The number of carbonyl (C=O) groups is 1. The molecular formula is C23H21ClN2O2. The quantitative estimate of drug-likeness (QED) is 0.620. The van der Waals surface area contributed by atoms with E-state index in [1.54, 1.807) is 12.1 Å². The third-order valence-corrected chi connectivity index (χ3v) is 5.50. The molecule has 3 aromatic carbocycles. The Balaban J connectivity index is 1.69. The molecule has 0 spiro atoms. The van der Waals surface area contributed by atoms with Gasteiger partial charge in [-0.2, -0.15) is 0 Å². The number of halogens is 1. The lowest BCUT2D eigenvalue weighted by Gasteiger charge is -2.29. The lowest BCUT2D eigenvalue weighted by Crippen LogP contribution is -2.42. The summed E-state index contributed by atoms with van der Waals surface area (Å²) >= 11 is 6.47. The Hall–Kier alpha value is -2.82. The number of hydrogen-bond acceptors (Lipinski definition) is 3. The summed E-state index contributed by atoms with van der Waals surface area (Å²) in [5.74, 6) is 0.359. The van der Waals surface area contributed by atoms with Crippen molar-refractivity contribution in [3.63, 3.8) is 0 Å². The van der Waals surface area contributed by atoms with Gasteiger partial charge < -0.3 is 4.74 Å². The van der Waals surface area contributed by atoms with Gasteiger partial charge in [-0.25, -0.2) is 10.0 Å². The molecular weight excluding hydrogens is 372 g/mol. The Morgan fingerprint density at radius 1 is 1.00 bits per heavy atom. The van der Waals surface area contributed by atoms with Crippen LogP contribution in [0.15, 0.2) is 72.8 Å². The van der Waals surface area contributed by atoms with Gasteiger partial charge in [-0.1, -0.05) is 72.3 Å². The fourth-order valence-corrected chi connectivity index (χ4v) is 4.03. The van der Waals surface area contributed by atoms with Gasteiger partial charge in [-0.3, -0.25) is 4.79 Å². The van der Waals surface area contributed by atoms with E-state index in [1.165, 1.54) is 0 Å². The number of para-hydroxylation sites is 1. The van der Waals surface area contributed by atoms with E-state index in [2.05, 4.69) is 0 Å². The third-order valence-electron chi connectivity index (χ3n) is 5.07. The average molecular weight is 393 g/mol. The first-order valence-electron chi connectivity index (χ1n) is 9.12. The van der Waals surface area contributed by atoms with Crippen LogP contribution in [-0.4, -0.2) is 25.1 Å². The molecule has 0 aliphatic carbocycles. The van der Waals surface area contributed by atoms with Crippen LogP contribution in [0.4, 0.5) is 5.69 Å². The number of anilines is 1. The molecule has 1 aliphatic rings. The summed E-state index contributed by atoms with van der Waals surface area (Å²) < 4.78 is 5.31. The minimum atomic E-state index is -0.305. The molecule has 1 aliphatic heterocycles. The Kier molecular flexibility index (Phi) is 5.07. The van der Waals surface area contributed by atoms with Crippen LogP contribution in [0.1, 0.15) is 22.6 Å². The Bertz CT molecular complexity index is 1010. The highest BCUT2D eigenvalue weighted by Gasteiger charge is 2.40. The second-order valence-electron chi connectivity index (χ2n) is 6.80. The Labute approximate surface area is 169 Å². The summed E-state index contributed by atoms with van der Waals surface area (Å²) in [7, 11) is 3.50. The van der Waals surface area contributed by atoms with Crippen molar-refractivity contribution in [3.05, 3.63) is 94.5 Å². The summed E-state index contributed by atoms with van der Waals surface area (Å²) in [5, 5.41) is 4.23. The maximum absolute atomic E-state index is 13.4. The second kappa shape index (κ2) is 7.66. The van der Waals surface area contributed by atoms with Gasteiger partial charge in [0.05, 0.1) is 23.7 Å². The molecule has 4 rings (SSSR count). The molecule has 0 radical (unpaired) electrons. The molecule has 0 saturated heterocycles. The van der Waals surface area contributed by atoms with E-state index in [4.69, 9.17) is 16.3 Å². The van der Waals surface area contributed by atoms with Crippen molar-refractivity contribution in [2.45, 2.75) is 12.5 Å². The number of hydrazine groups is 1. The molecule has 1 heterocycles. The Morgan fingerprint density at radius 3 is 2.46 bits per heavy atom. The number of carbonyl (C=O) groups excluding carboxylic acids is 1. The number of hydrogen-bond donors (Lipinski definition) is 0. The average Bonchev–Trinajstić information content (AvgIpc) is 3.02. The van der Waals surface area contributed by atoms with Crippen LogP contribution in [-0.2, 0) is 11.3 Å². The lowest BCUT2D eigenvalue weighted by atomic mass is 9.93. The number of rotatable bonds is 5. The highest BCUT2D eigenvalue weighted by molar-refractivity contribution is 6.32. The molecule has 0 unspecified atom stereocenters. The number of methoxy groups -OCH3 is 1. The first kappa shape index (κ1) is 18.5. The van der Waals surface area contributed by atoms with Crippen LogP contribution in [0.25, 0.3) is 0 Å². The van der Waals surface area contributed by atoms with E-state index < -0.39 is 0 Å². The predicted octanol–water partition coefficient (Wildman–Crippen LogP) is 4.87. The first-order chi connectivity index (χ1) is 13.6. The molecule has 142 valence electrons. The van der Waals surface area contributed by atoms with Crippen LogP contribution in [0.3, 0.4) is 0 Å². The monoisotopic (exact) mass is 392 g/mol. The van der Waals surface area contributed by atoms with Crippen molar-refractivity contribution in [1.29, 1.82) is 0 Å². The molecule has 28 heavy (non-hydrogen) atoms. The summed E-state index contributed by atoms with van der Waals surface area (Å²) in [5.41, 5.74) is 3.82. The maximum atomic E-state index is 13.4. The van der Waals surface area contributed by atoms with Crippen LogP contribution in [0.2, 0.25) is 5.02 Å². The Morgan fingerprint density at radius 2 is 1.71 bits per heavy atom. The summed E-state index contributed by atoms with van der Waals surface area (Å²) in [4.78, 5) is 13.4. The normalized spacial score (nSPS) is 15.8. The zero-order chi connectivity index (χ0) is 19.7. The van der Waals surface area contributed by atoms with Crippen molar-refractivity contribution in [3.8, 4) is 5.75 Å². The van der Waals surface area contributed by atoms with Gasteiger partial charge in [0.2, 0.25) is 0 Å². The van der Waals surface area contributed by atoms with Crippen LogP contribution in [0, 0.1) is 0 Å². The number of ether oxygens (including phenoxy) is 1. The molecule has 4 nitrogen and oxygen atoms in total. The predicted molar refractivity (Wildman–Crippen MR) is 112 cm³/mol. The van der Waals surface area contributed by atoms with Gasteiger partial charge in [0.15, 0.2) is 0 Å². The highest BCUT2D eigenvalue weighted by atomic mass is 35.5. The van der Waals surface area contributed by atoms with Crippen molar-refractivity contribution < 1.29 is 9.53 Å². The lowest BCUT2D eigenvalue weighted by molar-refractivity contribution is -0.121. The molecule has 0 aromatic heterocycles. The summed E-state index contributed by atoms with van der Waals surface area (Å²) in [6.45, 7) is 0.484. The van der Waals surface area contributed by atoms with Crippen molar-refractivity contribution in [2.75, 3.05) is 19.2 Å². The van der Waals surface area contributed by atoms with Gasteiger partial charge >= 0.3 is 0 Å². The van der Waals surface area contributed by atoms with Crippen molar-refractivity contribution >= 4 is 23.2 Å². The topological polar surface area (TPSA) is 32.8 Å². The molecule has 5 heteroatoms. The minimum absolute atomic E-state index is 0.0360. The largest absolute Gasteiger partial charge is 0.495 e. The number of nitrogens with zero attached hydrogens (tertiary/aromatic N) is 2. The zero-order valence-corrected chi connectivity index (χ0v) is 16.6. The summed E-state index contributed by atoms with van der Waals surface area (Å²) in [6, 6.07) is 23.5. The molecule has 1 amide bonds. The first-order valence-corrected chi connectivity index (χ1v) is 9.50. The smallest absolute Gasteiger partial charge is 0.253 e. The zero-order valence-electron chi connectivity index (χ0n) is 15.8. The van der Waals surface area contributed by atoms with E-state index in [0.29, 0.717) is 17.3 Å². The molecule has 0 bridgehead atoms. The van der Waals surface area contributed by atoms with Gasteiger partial charge in [0.25, 0.3) is 5.91 Å². The van der Waals surface area contributed by atoms with Crippen LogP contribution < -0.4 is 9.75 Å². The van der Waals surface area contributed by atoms with Crippen molar-refractivity contribution in [1.82, 2.24) is 5.01 Å². The van der Waals surface area contributed by atoms with E-state index in [1.807, 2.05) is 84.9 Å². The van der Waals surface area contributed by atoms with E-state index >= 15 is 0 Å². The number of fused-ring (bicyclic) bond motifs is 1. The maximum Gasteiger partial charge on any atom is 0.253 e. The summed E-state index contributed by atoms with van der Waals surface area (Å²) in [6.07, 6.45) is 0. The molecule has 3 aromatic rings. The van der Waals surface area contributed by atoms with Gasteiger partial charge in [0, 0.05) is 13.6 Å².